The second-order valence-electron chi connectivity index (χ2n) is 7.91. The van der Waals surface area contributed by atoms with E-state index in [1.165, 1.54) is 36.6 Å². The van der Waals surface area contributed by atoms with Gasteiger partial charge in [-0.25, -0.2) is 8.42 Å². The van der Waals surface area contributed by atoms with E-state index in [0.717, 1.165) is 18.2 Å². The quantitative estimate of drug-likeness (QED) is 0.533. The number of benzene rings is 2. The summed E-state index contributed by atoms with van der Waals surface area (Å²) in [6.45, 7) is 6.47. The summed E-state index contributed by atoms with van der Waals surface area (Å²) in [7, 11) is -3.39. The van der Waals surface area contributed by atoms with Gasteiger partial charge in [-0.15, -0.1) is 0 Å². The number of aryl methyl sites for hydroxylation is 1. The highest BCUT2D eigenvalue weighted by Gasteiger charge is 2.18. The van der Waals surface area contributed by atoms with Crippen molar-refractivity contribution in [1.82, 2.24) is 5.32 Å². The Morgan fingerprint density at radius 2 is 1.77 bits per heavy atom. The van der Waals surface area contributed by atoms with Crippen LogP contribution in [0.4, 0.5) is 5.69 Å². The minimum Gasteiger partial charge on any atom is -0.324 e. The zero-order valence-electron chi connectivity index (χ0n) is 18.0. The van der Waals surface area contributed by atoms with Crippen LogP contribution in [0.15, 0.2) is 47.4 Å². The molecule has 5 nitrogen and oxygen atoms in total. The second kappa shape index (κ2) is 10.9. The van der Waals surface area contributed by atoms with Crippen molar-refractivity contribution in [3.8, 4) is 0 Å². The number of unbranched alkanes of at least 4 members (excludes halogenated alkanes) is 1. The number of carbonyl (C=O) groups is 1. The molecular weight excluding hydrogens is 420 g/mol. The lowest BCUT2D eigenvalue weighted by Gasteiger charge is -2.23. The molecule has 0 aliphatic heterocycles. The number of anilines is 1. The van der Waals surface area contributed by atoms with Crippen LogP contribution < -0.4 is 10.6 Å². The molecule has 2 aromatic rings. The van der Waals surface area contributed by atoms with Gasteiger partial charge >= 0.3 is 0 Å². The minimum absolute atomic E-state index is 0.0220. The molecule has 2 rings (SSSR count). The van der Waals surface area contributed by atoms with Gasteiger partial charge in [0.15, 0.2) is 9.84 Å². The summed E-state index contributed by atoms with van der Waals surface area (Å²) in [5.41, 5.74) is 2.74. The number of amides is 1. The van der Waals surface area contributed by atoms with Gasteiger partial charge in [-0.05, 0) is 48.1 Å². The fourth-order valence-corrected chi connectivity index (χ4v) is 4.05. The van der Waals surface area contributed by atoms with E-state index < -0.39 is 9.84 Å². The fraction of sp³-hybridized carbons (Fsp3) is 0.435. The van der Waals surface area contributed by atoms with E-state index >= 15 is 0 Å². The topological polar surface area (TPSA) is 75.3 Å². The first-order chi connectivity index (χ1) is 14.1. The molecule has 30 heavy (non-hydrogen) atoms. The van der Waals surface area contributed by atoms with E-state index in [2.05, 4.69) is 55.7 Å². The summed E-state index contributed by atoms with van der Waals surface area (Å²) >= 11 is 6.12. The van der Waals surface area contributed by atoms with Gasteiger partial charge in [0.1, 0.15) is 0 Å². The third-order valence-electron chi connectivity index (χ3n) is 4.95. The SMILES string of the molecule is CCCCc1ccc([C@H](NCC(=O)Nc2cc(S(C)(=O)=O)ccc2Cl)C(C)C)cc1. The smallest absolute Gasteiger partial charge is 0.238 e. The van der Waals surface area contributed by atoms with Crippen LogP contribution in [0.25, 0.3) is 0 Å². The van der Waals surface area contributed by atoms with Gasteiger partial charge in [-0.2, -0.15) is 0 Å². The first-order valence-corrected chi connectivity index (χ1v) is 12.5. The van der Waals surface area contributed by atoms with Crippen LogP contribution in [0.5, 0.6) is 0 Å². The molecule has 7 heteroatoms. The molecule has 1 amide bonds. The molecular formula is C23H31ClN2O3S. The van der Waals surface area contributed by atoms with Crippen molar-refractivity contribution in [2.75, 3.05) is 18.1 Å². The van der Waals surface area contributed by atoms with Crippen LogP contribution in [0.2, 0.25) is 5.02 Å². The summed E-state index contributed by atoms with van der Waals surface area (Å²) in [4.78, 5) is 12.6. The van der Waals surface area contributed by atoms with Crippen molar-refractivity contribution >= 4 is 33.0 Å². The lowest BCUT2D eigenvalue weighted by molar-refractivity contribution is -0.115. The maximum Gasteiger partial charge on any atom is 0.238 e. The highest BCUT2D eigenvalue weighted by Crippen LogP contribution is 2.26. The Labute approximate surface area is 185 Å². The summed E-state index contributed by atoms with van der Waals surface area (Å²) in [5.74, 6) is 0.00390. The predicted molar refractivity (Wildman–Crippen MR) is 124 cm³/mol. The van der Waals surface area contributed by atoms with Gasteiger partial charge in [0.2, 0.25) is 5.91 Å². The van der Waals surface area contributed by atoms with Crippen molar-refractivity contribution < 1.29 is 13.2 Å². The molecule has 164 valence electrons. The summed E-state index contributed by atoms with van der Waals surface area (Å²) in [6, 6.07) is 12.8. The summed E-state index contributed by atoms with van der Waals surface area (Å²) < 4.78 is 23.5. The van der Waals surface area contributed by atoms with E-state index in [1.54, 1.807) is 0 Å². The van der Waals surface area contributed by atoms with Crippen molar-refractivity contribution in [2.24, 2.45) is 5.92 Å². The zero-order valence-corrected chi connectivity index (χ0v) is 19.6. The van der Waals surface area contributed by atoms with E-state index in [0.29, 0.717) is 5.02 Å². The van der Waals surface area contributed by atoms with Crippen molar-refractivity contribution in [1.29, 1.82) is 0 Å². The average Bonchev–Trinajstić information content (AvgIpc) is 2.68. The minimum atomic E-state index is -3.39. The third kappa shape index (κ3) is 7.11. The summed E-state index contributed by atoms with van der Waals surface area (Å²) in [6.07, 6.45) is 4.54. The van der Waals surface area contributed by atoms with Gasteiger partial charge in [0.25, 0.3) is 0 Å². The van der Waals surface area contributed by atoms with Gasteiger partial charge < -0.3 is 10.6 Å². The number of sulfone groups is 1. The molecule has 0 radical (unpaired) electrons. The molecule has 2 N–H and O–H groups in total. The summed E-state index contributed by atoms with van der Waals surface area (Å²) in [5, 5.41) is 6.30. The van der Waals surface area contributed by atoms with E-state index in [-0.39, 0.29) is 35.0 Å². The number of hydrogen-bond acceptors (Lipinski definition) is 4. The van der Waals surface area contributed by atoms with Gasteiger partial charge in [-0.1, -0.05) is 63.1 Å². The molecule has 2 aromatic carbocycles. The lowest BCUT2D eigenvalue weighted by Crippen LogP contribution is -2.33. The molecule has 0 aliphatic rings. The molecule has 0 aliphatic carbocycles. The number of carbonyl (C=O) groups excluding carboxylic acids is 1. The maximum atomic E-state index is 12.5. The fourth-order valence-electron chi connectivity index (χ4n) is 3.24. The molecule has 0 aromatic heterocycles. The molecule has 0 spiro atoms. The van der Waals surface area contributed by atoms with Crippen LogP contribution >= 0.6 is 11.6 Å². The number of hydrogen-bond donors (Lipinski definition) is 2. The molecule has 0 saturated carbocycles. The van der Waals surface area contributed by atoms with Crippen molar-refractivity contribution in [2.45, 2.75) is 51.0 Å². The molecule has 0 fully saturated rings. The van der Waals surface area contributed by atoms with Gasteiger partial charge in [0, 0.05) is 12.3 Å². The Morgan fingerprint density at radius 3 is 2.33 bits per heavy atom. The highest BCUT2D eigenvalue weighted by molar-refractivity contribution is 7.90. The Morgan fingerprint density at radius 1 is 1.10 bits per heavy atom. The average molecular weight is 451 g/mol. The molecule has 0 unspecified atom stereocenters. The number of rotatable bonds is 10. The number of halogens is 1. The highest BCUT2D eigenvalue weighted by atomic mass is 35.5. The van der Waals surface area contributed by atoms with E-state index in [4.69, 9.17) is 11.6 Å². The molecule has 0 heterocycles. The van der Waals surface area contributed by atoms with Crippen LogP contribution in [-0.2, 0) is 21.1 Å². The van der Waals surface area contributed by atoms with Crippen LogP contribution in [-0.4, -0.2) is 27.1 Å². The third-order valence-corrected chi connectivity index (χ3v) is 6.39. The van der Waals surface area contributed by atoms with Crippen LogP contribution in [0.1, 0.15) is 50.8 Å². The zero-order chi connectivity index (χ0) is 22.3. The predicted octanol–water partition coefficient (Wildman–Crippen LogP) is 5.01. The monoisotopic (exact) mass is 450 g/mol. The molecule has 1 atom stereocenters. The van der Waals surface area contributed by atoms with E-state index in [1.807, 2.05) is 0 Å². The first kappa shape index (κ1) is 24.4. The first-order valence-electron chi connectivity index (χ1n) is 10.2. The molecule has 0 saturated heterocycles. The van der Waals surface area contributed by atoms with Crippen molar-refractivity contribution in [3.05, 3.63) is 58.6 Å². The Bertz CT molecular complexity index is 957. The normalized spacial score (nSPS) is 12.7. The standard InChI is InChI=1S/C23H31ClN2O3S/c1-5-6-7-17-8-10-18(11-9-17)23(16(2)3)25-15-22(27)26-21-14-19(30(4,28)29)12-13-20(21)24/h8-14,16,23,25H,5-7,15H2,1-4H3,(H,26,27)/t23-/m1/s1. The van der Waals surface area contributed by atoms with Crippen LogP contribution in [0.3, 0.4) is 0 Å². The van der Waals surface area contributed by atoms with Crippen LogP contribution in [0, 0.1) is 5.92 Å². The van der Waals surface area contributed by atoms with Crippen molar-refractivity contribution in [3.63, 3.8) is 0 Å². The van der Waals surface area contributed by atoms with Gasteiger partial charge in [0.05, 0.1) is 22.2 Å². The maximum absolute atomic E-state index is 12.5. The number of nitrogens with one attached hydrogen (secondary N) is 2. The Hall–Kier alpha value is -1.89. The second-order valence-corrected chi connectivity index (χ2v) is 10.3. The molecule has 0 bridgehead atoms. The van der Waals surface area contributed by atoms with Gasteiger partial charge in [-0.3, -0.25) is 4.79 Å². The van der Waals surface area contributed by atoms with E-state index in [9.17, 15) is 13.2 Å². The Kier molecular flexibility index (Phi) is 8.89. The largest absolute Gasteiger partial charge is 0.324 e. The Balaban J connectivity index is 2.04. The lowest BCUT2D eigenvalue weighted by atomic mass is 9.94.